The van der Waals surface area contributed by atoms with Crippen LogP contribution in [0.25, 0.3) is 11.0 Å². The van der Waals surface area contributed by atoms with Gasteiger partial charge in [-0.05, 0) is 23.6 Å². The number of carbonyl (C=O) groups excluding carboxylic acids is 1. The Morgan fingerprint density at radius 1 is 1.30 bits per heavy atom. The van der Waals surface area contributed by atoms with Gasteiger partial charge in [-0.3, -0.25) is 4.79 Å². The molecule has 1 aromatic carbocycles. The van der Waals surface area contributed by atoms with E-state index in [0.717, 1.165) is 16.9 Å². The van der Waals surface area contributed by atoms with Crippen LogP contribution >= 0.6 is 11.3 Å². The molecule has 0 spiro atoms. The van der Waals surface area contributed by atoms with Crippen LogP contribution in [0.1, 0.15) is 10.7 Å². The van der Waals surface area contributed by atoms with Crippen LogP contribution in [-0.4, -0.2) is 15.5 Å². The molecular formula is C14H14N4OS. The number of amides is 1. The smallest absolute Gasteiger partial charge is 0.237 e. The van der Waals surface area contributed by atoms with Gasteiger partial charge in [0.1, 0.15) is 17.9 Å². The summed E-state index contributed by atoms with van der Waals surface area (Å²) in [6.45, 7) is 0.112. The van der Waals surface area contributed by atoms with Gasteiger partial charge in [0.05, 0.1) is 11.2 Å². The van der Waals surface area contributed by atoms with Gasteiger partial charge in [0.15, 0.2) is 0 Å². The van der Waals surface area contributed by atoms with E-state index in [0.29, 0.717) is 12.1 Å². The molecule has 0 bridgehead atoms. The standard InChI is InChI=1S/C14H14N4OS/c15-10-4-1-5-11-14(10)17-13(18(11)8-12(16)19)7-9-3-2-6-20-9/h1-6H,7-8,15H2,(H2,16,19). The summed E-state index contributed by atoms with van der Waals surface area (Å²) < 4.78 is 1.84. The molecular weight excluding hydrogens is 272 g/mol. The number of anilines is 1. The maximum absolute atomic E-state index is 11.3. The molecule has 3 rings (SSSR count). The van der Waals surface area contributed by atoms with Crippen molar-refractivity contribution >= 4 is 34.0 Å². The maximum atomic E-state index is 11.3. The van der Waals surface area contributed by atoms with Gasteiger partial charge >= 0.3 is 0 Å². The van der Waals surface area contributed by atoms with Crippen LogP contribution in [0, 0.1) is 0 Å². The summed E-state index contributed by atoms with van der Waals surface area (Å²) in [7, 11) is 0. The highest BCUT2D eigenvalue weighted by molar-refractivity contribution is 7.09. The third-order valence-corrected chi connectivity index (χ3v) is 3.99. The highest BCUT2D eigenvalue weighted by Gasteiger charge is 2.14. The largest absolute Gasteiger partial charge is 0.397 e. The Kier molecular flexibility index (Phi) is 3.15. The molecule has 2 aromatic heterocycles. The molecule has 20 heavy (non-hydrogen) atoms. The highest BCUT2D eigenvalue weighted by atomic mass is 32.1. The number of fused-ring (bicyclic) bond motifs is 1. The van der Waals surface area contributed by atoms with Gasteiger partial charge in [-0.25, -0.2) is 4.98 Å². The molecule has 0 aliphatic heterocycles. The fourth-order valence-corrected chi connectivity index (χ4v) is 2.95. The first-order valence-electron chi connectivity index (χ1n) is 6.19. The number of primary amides is 1. The number of rotatable bonds is 4. The highest BCUT2D eigenvalue weighted by Crippen LogP contribution is 2.24. The minimum absolute atomic E-state index is 0.112. The van der Waals surface area contributed by atoms with Crippen LogP contribution in [0.15, 0.2) is 35.7 Å². The van der Waals surface area contributed by atoms with Gasteiger partial charge < -0.3 is 16.0 Å². The molecule has 0 radical (unpaired) electrons. The van der Waals surface area contributed by atoms with E-state index in [1.54, 1.807) is 17.4 Å². The molecule has 0 fully saturated rings. The fourth-order valence-electron chi connectivity index (χ4n) is 2.25. The van der Waals surface area contributed by atoms with E-state index in [4.69, 9.17) is 11.5 Å². The van der Waals surface area contributed by atoms with Crippen LogP contribution in [0.2, 0.25) is 0 Å². The normalized spacial score (nSPS) is 11.0. The topological polar surface area (TPSA) is 86.9 Å². The zero-order valence-corrected chi connectivity index (χ0v) is 11.6. The number of carbonyl (C=O) groups is 1. The number of nitrogens with zero attached hydrogens (tertiary/aromatic N) is 2. The van der Waals surface area contributed by atoms with Gasteiger partial charge in [-0.2, -0.15) is 0 Å². The molecule has 0 aliphatic rings. The fraction of sp³-hybridized carbons (Fsp3) is 0.143. The van der Waals surface area contributed by atoms with Crippen molar-refractivity contribution in [3.05, 3.63) is 46.4 Å². The van der Waals surface area contributed by atoms with Crippen molar-refractivity contribution in [1.82, 2.24) is 9.55 Å². The van der Waals surface area contributed by atoms with Crippen molar-refractivity contribution in [3.8, 4) is 0 Å². The molecule has 0 atom stereocenters. The second-order valence-electron chi connectivity index (χ2n) is 4.55. The zero-order chi connectivity index (χ0) is 14.1. The SMILES string of the molecule is NC(=O)Cn1c(Cc2cccs2)nc2c(N)cccc21. The average Bonchev–Trinajstić information content (AvgIpc) is 3.00. The predicted molar refractivity (Wildman–Crippen MR) is 80.5 cm³/mol. The number of benzene rings is 1. The second-order valence-corrected chi connectivity index (χ2v) is 5.58. The van der Waals surface area contributed by atoms with E-state index in [-0.39, 0.29) is 12.5 Å². The Hall–Kier alpha value is -2.34. The van der Waals surface area contributed by atoms with E-state index >= 15 is 0 Å². The minimum Gasteiger partial charge on any atom is -0.397 e. The zero-order valence-electron chi connectivity index (χ0n) is 10.7. The van der Waals surface area contributed by atoms with E-state index in [2.05, 4.69) is 4.98 Å². The Balaban J connectivity index is 2.13. The van der Waals surface area contributed by atoms with Crippen molar-refractivity contribution in [2.24, 2.45) is 5.73 Å². The van der Waals surface area contributed by atoms with Gasteiger partial charge in [-0.15, -0.1) is 11.3 Å². The number of hydrogen-bond acceptors (Lipinski definition) is 4. The summed E-state index contributed by atoms with van der Waals surface area (Å²) in [5.41, 5.74) is 13.5. The van der Waals surface area contributed by atoms with Gasteiger partial charge in [-0.1, -0.05) is 12.1 Å². The van der Waals surface area contributed by atoms with Crippen molar-refractivity contribution in [1.29, 1.82) is 0 Å². The monoisotopic (exact) mass is 286 g/mol. The summed E-state index contributed by atoms with van der Waals surface area (Å²) in [6, 6.07) is 9.60. The Morgan fingerprint density at radius 2 is 2.15 bits per heavy atom. The van der Waals surface area contributed by atoms with E-state index in [9.17, 15) is 4.79 Å². The molecule has 1 amide bonds. The molecule has 0 unspecified atom stereocenters. The van der Waals surface area contributed by atoms with Crippen molar-refractivity contribution in [3.63, 3.8) is 0 Å². The van der Waals surface area contributed by atoms with Gasteiger partial charge in [0.25, 0.3) is 0 Å². The van der Waals surface area contributed by atoms with Gasteiger partial charge in [0.2, 0.25) is 5.91 Å². The summed E-state index contributed by atoms with van der Waals surface area (Å²) in [5.74, 6) is 0.415. The number of para-hydroxylation sites is 1. The molecule has 102 valence electrons. The number of nitrogens with two attached hydrogens (primary N) is 2. The Morgan fingerprint density at radius 3 is 2.85 bits per heavy atom. The summed E-state index contributed by atoms with van der Waals surface area (Å²) in [6.07, 6.45) is 0.666. The molecule has 6 heteroatoms. The molecule has 5 nitrogen and oxygen atoms in total. The van der Waals surface area contributed by atoms with Crippen LogP contribution in [-0.2, 0) is 17.8 Å². The van der Waals surface area contributed by atoms with E-state index in [1.807, 2.05) is 34.2 Å². The lowest BCUT2D eigenvalue weighted by molar-refractivity contribution is -0.118. The van der Waals surface area contributed by atoms with Crippen molar-refractivity contribution in [2.75, 3.05) is 5.73 Å². The first-order chi connectivity index (χ1) is 9.65. The number of aromatic nitrogens is 2. The molecule has 0 saturated carbocycles. The van der Waals surface area contributed by atoms with Crippen LogP contribution in [0.3, 0.4) is 0 Å². The van der Waals surface area contributed by atoms with Crippen LogP contribution in [0.4, 0.5) is 5.69 Å². The number of imidazole rings is 1. The van der Waals surface area contributed by atoms with Crippen LogP contribution in [0.5, 0.6) is 0 Å². The van der Waals surface area contributed by atoms with Gasteiger partial charge in [0, 0.05) is 11.3 Å². The lowest BCUT2D eigenvalue weighted by Crippen LogP contribution is -2.20. The van der Waals surface area contributed by atoms with E-state index < -0.39 is 0 Å². The number of thiophene rings is 1. The molecule has 2 heterocycles. The lowest BCUT2D eigenvalue weighted by atomic mass is 10.3. The quantitative estimate of drug-likeness (QED) is 0.716. The second kappa shape index (κ2) is 4.97. The summed E-state index contributed by atoms with van der Waals surface area (Å²) >= 11 is 1.66. The third kappa shape index (κ3) is 2.25. The summed E-state index contributed by atoms with van der Waals surface area (Å²) in [4.78, 5) is 17.1. The molecule has 0 aliphatic carbocycles. The third-order valence-electron chi connectivity index (χ3n) is 3.12. The van der Waals surface area contributed by atoms with Crippen molar-refractivity contribution in [2.45, 2.75) is 13.0 Å². The minimum atomic E-state index is -0.390. The lowest BCUT2D eigenvalue weighted by Gasteiger charge is -2.06. The number of nitrogen functional groups attached to an aromatic ring is 1. The maximum Gasteiger partial charge on any atom is 0.237 e. The first kappa shape index (κ1) is 12.7. The molecule has 3 aromatic rings. The van der Waals surface area contributed by atoms with Crippen molar-refractivity contribution < 1.29 is 4.79 Å². The van der Waals surface area contributed by atoms with E-state index in [1.165, 1.54) is 4.88 Å². The first-order valence-corrected chi connectivity index (χ1v) is 7.07. The Bertz CT molecular complexity index is 761. The number of hydrogen-bond donors (Lipinski definition) is 2. The molecule has 0 saturated heterocycles. The van der Waals surface area contributed by atoms with Crippen LogP contribution < -0.4 is 11.5 Å². The predicted octanol–water partition coefficient (Wildman–Crippen LogP) is 1.76. The average molecular weight is 286 g/mol. The Labute approximate surface area is 119 Å². The summed E-state index contributed by atoms with van der Waals surface area (Å²) in [5, 5.41) is 2.02. The molecule has 4 N–H and O–H groups in total.